The number of benzene rings is 1. The van der Waals surface area contributed by atoms with Crippen LogP contribution in [0.15, 0.2) is 18.2 Å². The zero-order valence-electron chi connectivity index (χ0n) is 9.41. The summed E-state index contributed by atoms with van der Waals surface area (Å²) in [6.45, 7) is 4.06. The first-order valence-electron chi connectivity index (χ1n) is 5.29. The van der Waals surface area contributed by atoms with Crippen LogP contribution in [0.5, 0.6) is 0 Å². The van der Waals surface area contributed by atoms with Crippen LogP contribution in [0.4, 0.5) is 8.78 Å². The average Bonchev–Trinajstić information content (AvgIpc) is 2.25. The van der Waals surface area contributed by atoms with E-state index in [0.29, 0.717) is 11.0 Å². The maximum absolute atomic E-state index is 13.3. The van der Waals surface area contributed by atoms with Gasteiger partial charge in [-0.3, -0.25) is 0 Å². The smallest absolute Gasteiger partial charge is 0.131 e. The number of rotatable bonds is 5. The van der Waals surface area contributed by atoms with Crippen LogP contribution in [-0.2, 0) is 0 Å². The molecule has 1 N–H and O–H groups in total. The minimum atomic E-state index is -1.08. The lowest BCUT2D eigenvalue weighted by molar-refractivity contribution is 0.193. The fourth-order valence-electron chi connectivity index (χ4n) is 1.29. The standard InChI is InChI=1S/C12H16F2OS/c1-3-8(2)16-7-11(15)12-9(13)5-4-6-10(12)14/h4-6,8,11,15H,3,7H2,1-2H3. The highest BCUT2D eigenvalue weighted by atomic mass is 32.2. The van der Waals surface area contributed by atoms with E-state index in [1.54, 1.807) is 0 Å². The molecule has 0 heterocycles. The van der Waals surface area contributed by atoms with Crippen molar-refractivity contribution in [2.45, 2.75) is 31.6 Å². The van der Waals surface area contributed by atoms with Crippen molar-refractivity contribution in [2.24, 2.45) is 0 Å². The fourth-order valence-corrected chi connectivity index (χ4v) is 2.20. The van der Waals surface area contributed by atoms with E-state index in [2.05, 4.69) is 0 Å². The number of hydrogen-bond acceptors (Lipinski definition) is 2. The quantitative estimate of drug-likeness (QED) is 0.857. The Bertz CT molecular complexity index is 324. The lowest BCUT2D eigenvalue weighted by Gasteiger charge is -2.15. The SMILES string of the molecule is CCC(C)SCC(O)c1c(F)cccc1F. The van der Waals surface area contributed by atoms with Crippen molar-refractivity contribution in [3.8, 4) is 0 Å². The molecule has 2 unspecified atom stereocenters. The molecule has 0 aromatic heterocycles. The van der Waals surface area contributed by atoms with Gasteiger partial charge >= 0.3 is 0 Å². The highest BCUT2D eigenvalue weighted by Crippen LogP contribution is 2.26. The number of hydrogen-bond donors (Lipinski definition) is 1. The summed E-state index contributed by atoms with van der Waals surface area (Å²) in [5.74, 6) is -1.05. The number of aliphatic hydroxyl groups is 1. The second-order valence-corrected chi connectivity index (χ2v) is 5.17. The molecule has 0 radical (unpaired) electrons. The monoisotopic (exact) mass is 246 g/mol. The summed E-state index contributed by atoms with van der Waals surface area (Å²) in [4.78, 5) is 0. The van der Waals surface area contributed by atoms with Crippen molar-refractivity contribution in [2.75, 3.05) is 5.75 Å². The third-order valence-electron chi connectivity index (χ3n) is 2.45. The maximum Gasteiger partial charge on any atom is 0.131 e. The normalized spacial score (nSPS) is 14.8. The van der Waals surface area contributed by atoms with Gasteiger partial charge in [0.1, 0.15) is 11.6 Å². The minimum Gasteiger partial charge on any atom is -0.387 e. The first-order valence-corrected chi connectivity index (χ1v) is 6.34. The first kappa shape index (κ1) is 13.5. The van der Waals surface area contributed by atoms with Gasteiger partial charge in [0.25, 0.3) is 0 Å². The zero-order valence-corrected chi connectivity index (χ0v) is 10.2. The molecule has 4 heteroatoms. The van der Waals surface area contributed by atoms with E-state index in [4.69, 9.17) is 0 Å². The Morgan fingerprint density at radius 3 is 2.38 bits per heavy atom. The van der Waals surface area contributed by atoms with Gasteiger partial charge in [0.15, 0.2) is 0 Å². The average molecular weight is 246 g/mol. The van der Waals surface area contributed by atoms with Crippen LogP contribution in [-0.4, -0.2) is 16.1 Å². The summed E-state index contributed by atoms with van der Waals surface area (Å²) in [5.41, 5.74) is -0.224. The van der Waals surface area contributed by atoms with Gasteiger partial charge in [0.05, 0.1) is 11.7 Å². The van der Waals surface area contributed by atoms with Crippen molar-refractivity contribution in [1.82, 2.24) is 0 Å². The molecule has 0 aliphatic carbocycles. The van der Waals surface area contributed by atoms with E-state index in [0.717, 1.165) is 18.6 Å². The summed E-state index contributed by atoms with van der Waals surface area (Å²) < 4.78 is 26.6. The molecule has 2 atom stereocenters. The molecule has 0 fully saturated rings. The molecule has 1 rings (SSSR count). The van der Waals surface area contributed by atoms with Crippen molar-refractivity contribution < 1.29 is 13.9 Å². The Kier molecular flexibility index (Phi) is 5.22. The highest BCUT2D eigenvalue weighted by molar-refractivity contribution is 7.99. The summed E-state index contributed by atoms with van der Waals surface area (Å²) in [6.07, 6.45) is -0.114. The maximum atomic E-state index is 13.3. The van der Waals surface area contributed by atoms with Crippen LogP contribution in [0.2, 0.25) is 0 Å². The Hall–Kier alpha value is -0.610. The van der Waals surface area contributed by atoms with Crippen LogP contribution in [0, 0.1) is 11.6 Å². The van der Waals surface area contributed by atoms with E-state index in [1.165, 1.54) is 17.8 Å². The Labute approximate surface area is 98.9 Å². The molecule has 1 aromatic rings. The van der Waals surface area contributed by atoms with Gasteiger partial charge in [0, 0.05) is 11.0 Å². The third-order valence-corrected chi connectivity index (χ3v) is 3.86. The molecule has 1 aromatic carbocycles. The van der Waals surface area contributed by atoms with Gasteiger partial charge in [0.2, 0.25) is 0 Å². The fraction of sp³-hybridized carbons (Fsp3) is 0.500. The predicted octanol–water partition coefficient (Wildman–Crippen LogP) is 3.53. The van der Waals surface area contributed by atoms with E-state index in [-0.39, 0.29) is 5.56 Å². The van der Waals surface area contributed by atoms with E-state index < -0.39 is 17.7 Å². The second-order valence-electron chi connectivity index (χ2n) is 3.70. The van der Waals surface area contributed by atoms with E-state index in [1.807, 2.05) is 13.8 Å². The van der Waals surface area contributed by atoms with Gasteiger partial charge in [-0.15, -0.1) is 0 Å². The molecule has 0 saturated carbocycles. The number of aliphatic hydroxyl groups excluding tert-OH is 1. The predicted molar refractivity (Wildman–Crippen MR) is 63.5 cm³/mol. The molecule has 16 heavy (non-hydrogen) atoms. The molecule has 0 aliphatic rings. The zero-order chi connectivity index (χ0) is 12.1. The molecule has 0 saturated heterocycles. The molecule has 1 nitrogen and oxygen atoms in total. The molecule has 0 spiro atoms. The second kappa shape index (κ2) is 6.21. The Morgan fingerprint density at radius 1 is 1.31 bits per heavy atom. The van der Waals surface area contributed by atoms with Crippen LogP contribution in [0.3, 0.4) is 0 Å². The van der Waals surface area contributed by atoms with Gasteiger partial charge in [-0.2, -0.15) is 11.8 Å². The minimum absolute atomic E-state index is 0.224. The molecular weight excluding hydrogens is 230 g/mol. The van der Waals surface area contributed by atoms with Crippen molar-refractivity contribution in [1.29, 1.82) is 0 Å². The van der Waals surface area contributed by atoms with E-state index >= 15 is 0 Å². The van der Waals surface area contributed by atoms with Gasteiger partial charge in [-0.25, -0.2) is 8.78 Å². The molecule has 90 valence electrons. The van der Waals surface area contributed by atoms with Crippen molar-refractivity contribution in [3.63, 3.8) is 0 Å². The third kappa shape index (κ3) is 3.46. The topological polar surface area (TPSA) is 20.2 Å². The lowest BCUT2D eigenvalue weighted by atomic mass is 10.1. The van der Waals surface area contributed by atoms with Crippen LogP contribution < -0.4 is 0 Å². The Balaban J connectivity index is 2.69. The van der Waals surface area contributed by atoms with Gasteiger partial charge < -0.3 is 5.11 Å². The van der Waals surface area contributed by atoms with Crippen molar-refractivity contribution in [3.05, 3.63) is 35.4 Å². The van der Waals surface area contributed by atoms with Gasteiger partial charge in [-0.05, 0) is 18.6 Å². The van der Waals surface area contributed by atoms with Crippen molar-refractivity contribution >= 4 is 11.8 Å². The van der Waals surface area contributed by atoms with Crippen LogP contribution >= 0.6 is 11.8 Å². The van der Waals surface area contributed by atoms with Crippen LogP contribution in [0.1, 0.15) is 31.9 Å². The molecule has 0 bridgehead atoms. The molecular formula is C12H16F2OS. The molecule has 0 aliphatic heterocycles. The number of thioether (sulfide) groups is 1. The highest BCUT2D eigenvalue weighted by Gasteiger charge is 2.18. The number of halogens is 2. The molecule has 0 amide bonds. The van der Waals surface area contributed by atoms with Crippen LogP contribution in [0.25, 0.3) is 0 Å². The largest absolute Gasteiger partial charge is 0.387 e. The summed E-state index contributed by atoms with van der Waals surface area (Å²) in [5, 5.41) is 10.1. The summed E-state index contributed by atoms with van der Waals surface area (Å²) >= 11 is 1.51. The van der Waals surface area contributed by atoms with E-state index in [9.17, 15) is 13.9 Å². The lowest BCUT2D eigenvalue weighted by Crippen LogP contribution is -2.08. The summed E-state index contributed by atoms with van der Waals surface area (Å²) in [7, 11) is 0. The first-order chi connectivity index (χ1) is 7.56. The Morgan fingerprint density at radius 2 is 1.88 bits per heavy atom. The van der Waals surface area contributed by atoms with Gasteiger partial charge in [-0.1, -0.05) is 19.9 Å². The summed E-state index contributed by atoms with van der Waals surface area (Å²) in [6, 6.07) is 3.62.